The van der Waals surface area contributed by atoms with E-state index in [0.717, 1.165) is 50.2 Å². The molecule has 182 valence electrons. The largest absolute Gasteiger partial charge is 0.336 e. The molecule has 1 unspecified atom stereocenters. The molecule has 10 nitrogen and oxygen atoms in total. The van der Waals surface area contributed by atoms with Gasteiger partial charge in [0.1, 0.15) is 5.82 Å². The summed E-state index contributed by atoms with van der Waals surface area (Å²) in [5, 5.41) is 5.84. The highest BCUT2D eigenvalue weighted by molar-refractivity contribution is 5.89. The molecular formula is C24H33N7O3. The van der Waals surface area contributed by atoms with Crippen LogP contribution in [0.3, 0.4) is 0 Å². The number of unbranched alkanes of at least 4 members (excludes halogenated alkanes) is 1. The van der Waals surface area contributed by atoms with Crippen molar-refractivity contribution < 1.29 is 4.79 Å². The molecule has 3 aromatic rings. The molecule has 4 rings (SSSR count). The quantitative estimate of drug-likeness (QED) is 0.470. The minimum Gasteiger partial charge on any atom is -0.336 e. The second-order valence-electron chi connectivity index (χ2n) is 8.84. The number of hydrogen-bond donors (Lipinski definition) is 3. The number of urea groups is 1. The lowest BCUT2D eigenvalue weighted by atomic mass is 10.0. The number of anilines is 1. The highest BCUT2D eigenvalue weighted by Crippen LogP contribution is 2.20. The summed E-state index contributed by atoms with van der Waals surface area (Å²) in [5.41, 5.74) is 0.774. The third-order valence-electron chi connectivity index (χ3n) is 6.46. The number of nitrogens with one attached hydrogen (secondary N) is 3. The maximum Gasteiger partial charge on any atom is 0.330 e. The van der Waals surface area contributed by atoms with Gasteiger partial charge < -0.3 is 15.2 Å². The number of H-pyrrole nitrogens is 1. The molecule has 0 bridgehead atoms. The number of aromatic amines is 1. The van der Waals surface area contributed by atoms with Gasteiger partial charge in [-0.2, -0.15) is 0 Å². The average Bonchev–Trinajstić information content (AvgIpc) is 3.15. The van der Waals surface area contributed by atoms with E-state index >= 15 is 0 Å². The molecule has 1 aliphatic rings. The molecule has 10 heteroatoms. The Labute approximate surface area is 198 Å². The predicted molar refractivity (Wildman–Crippen MR) is 132 cm³/mol. The molecule has 1 atom stereocenters. The van der Waals surface area contributed by atoms with Crippen LogP contribution in [0, 0.1) is 0 Å². The van der Waals surface area contributed by atoms with Crippen molar-refractivity contribution in [1.29, 1.82) is 0 Å². The Morgan fingerprint density at radius 3 is 2.76 bits per heavy atom. The van der Waals surface area contributed by atoms with Crippen molar-refractivity contribution in [3.63, 3.8) is 0 Å². The third kappa shape index (κ3) is 5.22. The van der Waals surface area contributed by atoms with E-state index in [-0.39, 0.29) is 12.1 Å². The van der Waals surface area contributed by atoms with Gasteiger partial charge in [-0.25, -0.2) is 14.6 Å². The van der Waals surface area contributed by atoms with E-state index in [9.17, 15) is 14.4 Å². The van der Waals surface area contributed by atoms with E-state index in [2.05, 4.69) is 27.4 Å². The van der Waals surface area contributed by atoms with Crippen LogP contribution in [0.15, 0.2) is 39.9 Å². The van der Waals surface area contributed by atoms with Crippen LogP contribution in [0.1, 0.15) is 44.9 Å². The van der Waals surface area contributed by atoms with E-state index in [1.54, 1.807) is 9.13 Å². The van der Waals surface area contributed by atoms with Gasteiger partial charge in [0.25, 0.3) is 5.56 Å². The summed E-state index contributed by atoms with van der Waals surface area (Å²) in [4.78, 5) is 46.8. The summed E-state index contributed by atoms with van der Waals surface area (Å²) in [5.74, 6) is 0.733. The molecule has 34 heavy (non-hydrogen) atoms. The number of likely N-dealkylation sites (tertiary alicyclic amines) is 1. The summed E-state index contributed by atoms with van der Waals surface area (Å²) < 4.78 is 3.35. The van der Waals surface area contributed by atoms with E-state index in [4.69, 9.17) is 4.98 Å². The van der Waals surface area contributed by atoms with Gasteiger partial charge in [0.05, 0.1) is 6.54 Å². The number of aryl methyl sites for hydroxylation is 2. The zero-order valence-electron chi connectivity index (χ0n) is 19.8. The number of hydrogen-bond acceptors (Lipinski definition) is 5. The number of imidazole rings is 1. The molecule has 0 aliphatic carbocycles. The maximum atomic E-state index is 12.5. The SMILES string of the molecule is CCCCn1c(=O)[nH]c(=O)c2c1nc(CN1CCCCC1CNC(=O)Nc1ccccc1)n2C. The molecule has 1 aromatic carbocycles. The lowest BCUT2D eigenvalue weighted by Gasteiger charge is -2.35. The molecular weight excluding hydrogens is 434 g/mol. The van der Waals surface area contributed by atoms with Crippen LogP contribution in [-0.4, -0.2) is 49.2 Å². The van der Waals surface area contributed by atoms with Crippen molar-refractivity contribution in [1.82, 2.24) is 29.3 Å². The first kappa shape index (κ1) is 23.7. The zero-order chi connectivity index (χ0) is 24.1. The summed E-state index contributed by atoms with van der Waals surface area (Å²) in [6.07, 6.45) is 4.91. The molecule has 3 heterocycles. The molecule has 0 saturated carbocycles. The van der Waals surface area contributed by atoms with Crippen molar-refractivity contribution in [2.75, 3.05) is 18.4 Å². The predicted octanol–water partition coefficient (Wildman–Crippen LogP) is 2.40. The molecule has 3 N–H and O–H groups in total. The number of nitrogens with zero attached hydrogens (tertiary/aromatic N) is 4. The van der Waals surface area contributed by atoms with Crippen molar-refractivity contribution >= 4 is 22.9 Å². The van der Waals surface area contributed by atoms with Gasteiger partial charge >= 0.3 is 11.7 Å². The normalized spacial score (nSPS) is 16.6. The van der Waals surface area contributed by atoms with Crippen molar-refractivity contribution in [2.45, 2.75) is 58.2 Å². The number of piperidine rings is 1. The fourth-order valence-electron chi connectivity index (χ4n) is 4.54. The number of benzene rings is 1. The maximum absolute atomic E-state index is 12.5. The molecule has 2 amide bonds. The standard InChI is InChI=1S/C24H33N7O3/c1-3-4-14-31-21-20(22(32)28-24(31)34)29(2)19(27-21)16-30-13-9-8-12-18(30)15-25-23(33)26-17-10-6-5-7-11-17/h5-7,10-11,18H,3-4,8-9,12-16H2,1-2H3,(H2,25,26,33)(H,28,32,34). The van der Waals surface area contributed by atoms with Crippen LogP contribution in [-0.2, 0) is 20.1 Å². The van der Waals surface area contributed by atoms with E-state index in [1.165, 1.54) is 0 Å². The van der Waals surface area contributed by atoms with Crippen LogP contribution < -0.4 is 21.9 Å². The van der Waals surface area contributed by atoms with Crippen LogP contribution in [0.2, 0.25) is 0 Å². The molecule has 2 aromatic heterocycles. The van der Waals surface area contributed by atoms with Crippen LogP contribution >= 0.6 is 0 Å². The van der Waals surface area contributed by atoms with Crippen LogP contribution in [0.25, 0.3) is 11.2 Å². The number of amides is 2. The molecule has 1 aliphatic heterocycles. The number of fused-ring (bicyclic) bond motifs is 1. The van der Waals surface area contributed by atoms with Crippen molar-refractivity contribution in [3.05, 3.63) is 57.0 Å². The topological polar surface area (TPSA) is 117 Å². The summed E-state index contributed by atoms with van der Waals surface area (Å²) >= 11 is 0. The minimum atomic E-state index is -0.417. The average molecular weight is 468 g/mol. The van der Waals surface area contributed by atoms with Gasteiger partial charge in [0.2, 0.25) is 0 Å². The summed E-state index contributed by atoms with van der Waals surface area (Å²) in [6, 6.07) is 9.28. The Bertz CT molecular complexity index is 1250. The number of carbonyl (C=O) groups excluding carboxylic acids is 1. The number of rotatable bonds is 8. The Kier molecular flexibility index (Phi) is 7.46. The van der Waals surface area contributed by atoms with Gasteiger partial charge in [-0.15, -0.1) is 0 Å². The number of carbonyl (C=O) groups is 1. The highest BCUT2D eigenvalue weighted by atomic mass is 16.2. The number of para-hydroxylation sites is 1. The molecule has 0 radical (unpaired) electrons. The number of aromatic nitrogens is 4. The fraction of sp³-hybridized carbons (Fsp3) is 0.500. The zero-order valence-corrected chi connectivity index (χ0v) is 19.8. The second-order valence-corrected chi connectivity index (χ2v) is 8.84. The van der Waals surface area contributed by atoms with E-state index < -0.39 is 11.2 Å². The lowest BCUT2D eigenvalue weighted by molar-refractivity contribution is 0.134. The lowest BCUT2D eigenvalue weighted by Crippen LogP contribution is -2.47. The van der Waals surface area contributed by atoms with Crippen molar-refractivity contribution in [2.24, 2.45) is 7.05 Å². The van der Waals surface area contributed by atoms with E-state index in [0.29, 0.717) is 30.8 Å². The molecule has 0 spiro atoms. The van der Waals surface area contributed by atoms with Gasteiger partial charge in [0, 0.05) is 31.9 Å². The van der Waals surface area contributed by atoms with Crippen LogP contribution in [0.5, 0.6) is 0 Å². The minimum absolute atomic E-state index is 0.163. The second kappa shape index (κ2) is 10.7. The molecule has 1 fully saturated rings. The van der Waals surface area contributed by atoms with E-state index in [1.807, 2.05) is 37.4 Å². The fourth-order valence-corrected chi connectivity index (χ4v) is 4.54. The Morgan fingerprint density at radius 2 is 2.00 bits per heavy atom. The molecule has 1 saturated heterocycles. The first-order chi connectivity index (χ1) is 16.5. The van der Waals surface area contributed by atoms with Gasteiger partial charge in [0.15, 0.2) is 11.2 Å². The summed E-state index contributed by atoms with van der Waals surface area (Å²) in [7, 11) is 1.82. The van der Waals surface area contributed by atoms with Gasteiger partial charge in [-0.3, -0.25) is 19.2 Å². The highest BCUT2D eigenvalue weighted by Gasteiger charge is 2.25. The first-order valence-corrected chi connectivity index (χ1v) is 12.0. The smallest absolute Gasteiger partial charge is 0.330 e. The Hall–Kier alpha value is -3.40. The Balaban J connectivity index is 1.50. The summed E-state index contributed by atoms with van der Waals surface area (Å²) in [6.45, 7) is 4.52. The third-order valence-corrected chi connectivity index (χ3v) is 6.46. The van der Waals surface area contributed by atoms with Gasteiger partial charge in [-0.05, 0) is 37.9 Å². The Morgan fingerprint density at radius 1 is 1.21 bits per heavy atom. The monoisotopic (exact) mass is 467 g/mol. The first-order valence-electron chi connectivity index (χ1n) is 12.0. The van der Waals surface area contributed by atoms with Crippen molar-refractivity contribution in [3.8, 4) is 0 Å². The van der Waals surface area contributed by atoms with Gasteiger partial charge in [-0.1, -0.05) is 38.0 Å². The van der Waals surface area contributed by atoms with Crippen LogP contribution in [0.4, 0.5) is 10.5 Å².